The fourth-order valence-electron chi connectivity index (χ4n) is 3.44. The van der Waals surface area contributed by atoms with Crippen molar-refractivity contribution in [1.29, 1.82) is 5.26 Å². The van der Waals surface area contributed by atoms with Gasteiger partial charge >= 0.3 is 0 Å². The average molecular weight is 338 g/mol. The molecule has 130 valence electrons. The number of carbonyl (C=O) groups is 1. The Hall–Kier alpha value is -2.68. The molecule has 1 aromatic heterocycles. The van der Waals surface area contributed by atoms with Crippen molar-refractivity contribution in [2.75, 3.05) is 0 Å². The number of nitrogens with one attached hydrogen (secondary N) is 1. The number of fused-ring (bicyclic) bond motifs is 1. The molecule has 25 heavy (non-hydrogen) atoms. The summed E-state index contributed by atoms with van der Waals surface area (Å²) >= 11 is 0. The van der Waals surface area contributed by atoms with Crippen LogP contribution in [-0.2, 0) is 11.3 Å². The van der Waals surface area contributed by atoms with E-state index < -0.39 is 5.54 Å². The van der Waals surface area contributed by atoms with E-state index in [2.05, 4.69) is 16.4 Å². The van der Waals surface area contributed by atoms with E-state index in [4.69, 9.17) is 0 Å². The lowest BCUT2D eigenvalue weighted by Gasteiger charge is -2.26. The molecule has 3 rings (SSSR count). The number of benzene rings is 1. The number of hydrogen-bond donors (Lipinski definition) is 1. The van der Waals surface area contributed by atoms with E-state index in [1.54, 1.807) is 12.1 Å². The number of amides is 1. The van der Waals surface area contributed by atoms with Crippen LogP contribution in [0.15, 0.2) is 29.3 Å². The van der Waals surface area contributed by atoms with Gasteiger partial charge in [0.25, 0.3) is 5.56 Å². The highest BCUT2D eigenvalue weighted by molar-refractivity contribution is 5.80. The quantitative estimate of drug-likeness (QED) is 0.871. The minimum atomic E-state index is -0.807. The summed E-state index contributed by atoms with van der Waals surface area (Å²) in [6.07, 6.45) is 6.78. The highest BCUT2D eigenvalue weighted by atomic mass is 16.2. The van der Waals surface area contributed by atoms with Crippen molar-refractivity contribution >= 4 is 16.8 Å². The van der Waals surface area contributed by atoms with Gasteiger partial charge in [-0.25, -0.2) is 4.98 Å². The van der Waals surface area contributed by atoms with Crippen LogP contribution in [0, 0.1) is 18.3 Å². The Morgan fingerprint density at radius 3 is 2.72 bits per heavy atom. The maximum atomic E-state index is 12.6. The summed E-state index contributed by atoms with van der Waals surface area (Å²) in [7, 11) is 0. The van der Waals surface area contributed by atoms with E-state index in [1.165, 1.54) is 10.9 Å². The van der Waals surface area contributed by atoms with Gasteiger partial charge in [0.05, 0.1) is 23.3 Å². The fourth-order valence-corrected chi connectivity index (χ4v) is 3.44. The van der Waals surface area contributed by atoms with Crippen LogP contribution in [0.2, 0.25) is 0 Å². The molecule has 0 aliphatic heterocycles. The first kappa shape index (κ1) is 17.2. The van der Waals surface area contributed by atoms with Crippen LogP contribution in [0.4, 0.5) is 0 Å². The standard InChI is InChI=1S/C19H22N4O2/c1-14-6-7-16-15(10-14)18(25)23(13-21-16)11-17(24)22-19(12-20)8-4-2-3-5-9-19/h6-7,10,13H,2-5,8-9,11H2,1H3,(H,22,24). The number of nitrogens with zero attached hydrogens (tertiary/aromatic N) is 3. The lowest BCUT2D eigenvalue weighted by molar-refractivity contribution is -0.123. The molecule has 6 heteroatoms. The van der Waals surface area contributed by atoms with Crippen LogP contribution in [-0.4, -0.2) is 21.0 Å². The molecule has 1 heterocycles. The molecule has 1 amide bonds. The normalized spacial score (nSPS) is 16.8. The van der Waals surface area contributed by atoms with Crippen molar-refractivity contribution in [1.82, 2.24) is 14.9 Å². The summed E-state index contributed by atoms with van der Waals surface area (Å²) in [4.78, 5) is 29.3. The minimum Gasteiger partial charge on any atom is -0.336 e. The Morgan fingerprint density at radius 1 is 1.32 bits per heavy atom. The Labute approximate surface area is 146 Å². The van der Waals surface area contributed by atoms with Crippen molar-refractivity contribution in [2.24, 2.45) is 0 Å². The third-order valence-corrected chi connectivity index (χ3v) is 4.84. The highest BCUT2D eigenvalue weighted by Gasteiger charge is 2.32. The molecule has 0 spiro atoms. The second-order valence-corrected chi connectivity index (χ2v) is 6.85. The van der Waals surface area contributed by atoms with E-state index in [1.807, 2.05) is 13.0 Å². The zero-order valence-corrected chi connectivity index (χ0v) is 14.4. The number of carbonyl (C=O) groups excluding carboxylic acids is 1. The van der Waals surface area contributed by atoms with E-state index in [0.717, 1.165) is 31.2 Å². The maximum absolute atomic E-state index is 12.6. The predicted octanol–water partition coefficient (Wildman–Crippen LogP) is 2.44. The zero-order chi connectivity index (χ0) is 17.9. The number of rotatable bonds is 3. The second kappa shape index (κ2) is 7.06. The summed E-state index contributed by atoms with van der Waals surface area (Å²) in [6.45, 7) is 1.78. The van der Waals surface area contributed by atoms with Gasteiger partial charge in [-0.3, -0.25) is 14.2 Å². The van der Waals surface area contributed by atoms with Gasteiger partial charge in [0.2, 0.25) is 5.91 Å². The molecule has 1 fully saturated rings. The summed E-state index contributed by atoms with van der Waals surface area (Å²) in [5, 5.41) is 12.9. The summed E-state index contributed by atoms with van der Waals surface area (Å²) in [5.74, 6) is -0.320. The van der Waals surface area contributed by atoms with Gasteiger partial charge in [-0.05, 0) is 31.9 Å². The Bertz CT molecular complexity index is 886. The van der Waals surface area contributed by atoms with Gasteiger partial charge in [0.1, 0.15) is 12.1 Å². The topological polar surface area (TPSA) is 87.8 Å². The molecular formula is C19H22N4O2. The number of aromatic nitrogens is 2. The van der Waals surface area contributed by atoms with Gasteiger partial charge in [-0.1, -0.05) is 37.3 Å². The van der Waals surface area contributed by atoms with Crippen molar-refractivity contribution < 1.29 is 4.79 Å². The molecule has 1 N–H and O–H groups in total. The average Bonchev–Trinajstić information content (AvgIpc) is 2.84. The summed E-state index contributed by atoms with van der Waals surface area (Å²) in [5.41, 5.74) is 0.536. The van der Waals surface area contributed by atoms with Gasteiger partial charge in [0, 0.05) is 0 Å². The van der Waals surface area contributed by atoms with E-state index >= 15 is 0 Å². The third-order valence-electron chi connectivity index (χ3n) is 4.84. The van der Waals surface area contributed by atoms with Crippen molar-refractivity contribution in [3.63, 3.8) is 0 Å². The Kier molecular flexibility index (Phi) is 4.84. The smallest absolute Gasteiger partial charge is 0.261 e. The lowest BCUT2D eigenvalue weighted by Crippen LogP contribution is -2.48. The lowest BCUT2D eigenvalue weighted by atomic mass is 9.92. The molecule has 6 nitrogen and oxygen atoms in total. The van der Waals surface area contributed by atoms with Crippen molar-refractivity contribution in [3.05, 3.63) is 40.4 Å². The molecule has 0 atom stereocenters. The van der Waals surface area contributed by atoms with E-state index in [-0.39, 0.29) is 18.0 Å². The fraction of sp³-hybridized carbons (Fsp3) is 0.474. The molecule has 1 aliphatic rings. The molecular weight excluding hydrogens is 316 g/mol. The number of aryl methyl sites for hydroxylation is 1. The van der Waals surface area contributed by atoms with Crippen molar-refractivity contribution in [2.45, 2.75) is 57.5 Å². The molecule has 0 saturated heterocycles. The first-order valence-corrected chi connectivity index (χ1v) is 8.71. The van der Waals surface area contributed by atoms with Crippen molar-refractivity contribution in [3.8, 4) is 6.07 Å². The van der Waals surface area contributed by atoms with Gasteiger partial charge in [0.15, 0.2) is 0 Å². The van der Waals surface area contributed by atoms with Crippen LogP contribution in [0.25, 0.3) is 10.9 Å². The minimum absolute atomic E-state index is 0.126. The number of hydrogen-bond acceptors (Lipinski definition) is 4. The first-order valence-electron chi connectivity index (χ1n) is 8.71. The predicted molar refractivity (Wildman–Crippen MR) is 94.9 cm³/mol. The molecule has 2 aromatic rings. The highest BCUT2D eigenvalue weighted by Crippen LogP contribution is 2.26. The Morgan fingerprint density at radius 2 is 2.04 bits per heavy atom. The van der Waals surface area contributed by atoms with Crippen LogP contribution in [0.3, 0.4) is 0 Å². The van der Waals surface area contributed by atoms with Gasteiger partial charge < -0.3 is 5.32 Å². The van der Waals surface area contributed by atoms with Gasteiger partial charge in [-0.2, -0.15) is 5.26 Å². The molecule has 1 aromatic carbocycles. The van der Waals surface area contributed by atoms with E-state index in [9.17, 15) is 14.9 Å². The summed E-state index contributed by atoms with van der Waals surface area (Å²) in [6, 6.07) is 7.77. The Balaban J connectivity index is 1.81. The third kappa shape index (κ3) is 3.71. The molecule has 0 radical (unpaired) electrons. The summed E-state index contributed by atoms with van der Waals surface area (Å²) < 4.78 is 1.30. The van der Waals surface area contributed by atoms with Crippen LogP contribution in [0.1, 0.15) is 44.1 Å². The molecule has 0 unspecified atom stereocenters. The molecule has 1 saturated carbocycles. The van der Waals surface area contributed by atoms with Crippen LogP contribution in [0.5, 0.6) is 0 Å². The van der Waals surface area contributed by atoms with Crippen LogP contribution < -0.4 is 10.9 Å². The zero-order valence-electron chi connectivity index (χ0n) is 14.4. The second-order valence-electron chi connectivity index (χ2n) is 6.85. The number of nitriles is 1. The SMILES string of the molecule is Cc1ccc2ncn(CC(=O)NC3(C#N)CCCCCC3)c(=O)c2c1. The largest absolute Gasteiger partial charge is 0.336 e. The molecule has 1 aliphatic carbocycles. The maximum Gasteiger partial charge on any atom is 0.261 e. The van der Waals surface area contributed by atoms with Crippen LogP contribution >= 0.6 is 0 Å². The van der Waals surface area contributed by atoms with Gasteiger partial charge in [-0.15, -0.1) is 0 Å². The molecule has 0 bridgehead atoms. The monoisotopic (exact) mass is 338 g/mol. The van der Waals surface area contributed by atoms with E-state index in [0.29, 0.717) is 23.7 Å². The first-order chi connectivity index (χ1) is 12.0.